The minimum absolute atomic E-state index is 0.0402. The second kappa shape index (κ2) is 4.06. The third-order valence-corrected chi connectivity index (χ3v) is 4.20. The smallest absolute Gasteiger partial charge is 0.226 e. The van der Waals surface area contributed by atoms with E-state index < -0.39 is 0 Å². The number of hydrogen-bond donors (Lipinski definition) is 2. The molecule has 2 atom stereocenters. The van der Waals surface area contributed by atoms with Gasteiger partial charge in [0.2, 0.25) is 5.91 Å². The van der Waals surface area contributed by atoms with Crippen LogP contribution in [0.2, 0.25) is 0 Å². The van der Waals surface area contributed by atoms with Gasteiger partial charge in [0, 0.05) is 24.5 Å². The Balaban J connectivity index is 1.45. The molecule has 5 nitrogen and oxygen atoms in total. The van der Waals surface area contributed by atoms with E-state index in [0.717, 1.165) is 29.8 Å². The summed E-state index contributed by atoms with van der Waals surface area (Å²) in [5, 5.41) is 11.3. The van der Waals surface area contributed by atoms with Gasteiger partial charge in [0.25, 0.3) is 0 Å². The topological polar surface area (TPSA) is 67.2 Å². The molecule has 1 saturated carbocycles. The summed E-state index contributed by atoms with van der Waals surface area (Å²) in [6.45, 7) is 2.06. The molecule has 1 aromatic carbocycles. The van der Waals surface area contributed by atoms with Crippen molar-refractivity contribution in [3.05, 3.63) is 30.0 Å². The number of carbonyl (C=O) groups excluding carboxylic acids is 1. The van der Waals surface area contributed by atoms with Crippen LogP contribution in [-0.4, -0.2) is 30.2 Å². The lowest BCUT2D eigenvalue weighted by Crippen LogP contribution is -2.33. The van der Waals surface area contributed by atoms with Gasteiger partial charge >= 0.3 is 0 Å². The Kier molecular flexibility index (Phi) is 2.35. The van der Waals surface area contributed by atoms with Crippen LogP contribution < -0.4 is 10.6 Å². The molecular formula is C14H15N3O2. The van der Waals surface area contributed by atoms with Crippen LogP contribution in [0.3, 0.4) is 0 Å². The largest absolute Gasteiger partial charge is 0.356 e. The average Bonchev–Trinajstić information content (AvgIpc) is 2.85. The van der Waals surface area contributed by atoms with Crippen LogP contribution in [0, 0.1) is 11.8 Å². The highest BCUT2D eigenvalue weighted by atomic mass is 16.5. The fourth-order valence-electron chi connectivity index (χ4n) is 3.09. The number of para-hydroxylation sites is 1. The molecule has 0 spiro atoms. The molecule has 2 aliphatic rings. The molecule has 4 rings (SSSR count). The third kappa shape index (κ3) is 1.81. The van der Waals surface area contributed by atoms with Crippen LogP contribution in [0.15, 0.2) is 28.8 Å². The standard InChI is InChI=1S/C14H15N3O2/c18-13(16-14-9-6-15-7-10(9)14)5-11-8-3-1-2-4-12(8)19-17-11/h1-4,9-10,14-15H,5-7H2,(H,16,18). The molecule has 1 aliphatic heterocycles. The van der Waals surface area contributed by atoms with Crippen LogP contribution in [0.25, 0.3) is 11.0 Å². The Morgan fingerprint density at radius 1 is 1.37 bits per heavy atom. The van der Waals surface area contributed by atoms with Crippen molar-refractivity contribution in [3.8, 4) is 0 Å². The van der Waals surface area contributed by atoms with Crippen LogP contribution in [-0.2, 0) is 11.2 Å². The molecule has 2 fully saturated rings. The fraction of sp³-hybridized carbons (Fsp3) is 0.429. The van der Waals surface area contributed by atoms with Gasteiger partial charge in [0.05, 0.1) is 6.42 Å². The summed E-state index contributed by atoms with van der Waals surface area (Å²) in [7, 11) is 0. The predicted octanol–water partition coefficient (Wildman–Crippen LogP) is 0.704. The molecule has 98 valence electrons. The Hall–Kier alpha value is -1.88. The van der Waals surface area contributed by atoms with Crippen molar-refractivity contribution in [3.63, 3.8) is 0 Å². The molecule has 0 bridgehead atoms. The molecule has 1 amide bonds. The maximum absolute atomic E-state index is 12.0. The number of nitrogens with zero attached hydrogens (tertiary/aromatic N) is 1. The van der Waals surface area contributed by atoms with Gasteiger partial charge < -0.3 is 15.2 Å². The van der Waals surface area contributed by atoms with Crippen molar-refractivity contribution in [2.45, 2.75) is 12.5 Å². The van der Waals surface area contributed by atoms with Gasteiger partial charge in [-0.2, -0.15) is 0 Å². The van der Waals surface area contributed by atoms with Crippen molar-refractivity contribution >= 4 is 16.9 Å². The summed E-state index contributed by atoms with van der Waals surface area (Å²) in [5.41, 5.74) is 1.45. The molecule has 0 radical (unpaired) electrons. The molecule has 2 unspecified atom stereocenters. The Labute approximate surface area is 110 Å². The van der Waals surface area contributed by atoms with Gasteiger partial charge in [-0.15, -0.1) is 0 Å². The number of piperidine rings is 1. The number of carbonyl (C=O) groups is 1. The summed E-state index contributed by atoms with van der Waals surface area (Å²) in [6, 6.07) is 7.99. The second-order valence-electron chi connectivity index (χ2n) is 5.38. The SMILES string of the molecule is O=C(Cc1noc2ccccc12)NC1C2CNCC21. The lowest BCUT2D eigenvalue weighted by Gasteiger charge is -2.06. The normalized spacial score (nSPS) is 28.3. The van der Waals surface area contributed by atoms with E-state index in [2.05, 4.69) is 15.8 Å². The van der Waals surface area contributed by atoms with Crippen LogP contribution in [0.1, 0.15) is 5.69 Å². The molecule has 2 aromatic rings. The molecular weight excluding hydrogens is 242 g/mol. The molecule has 19 heavy (non-hydrogen) atoms. The Bertz CT molecular complexity index is 626. The number of amides is 1. The minimum Gasteiger partial charge on any atom is -0.356 e. The lowest BCUT2D eigenvalue weighted by molar-refractivity contribution is -0.120. The average molecular weight is 257 g/mol. The molecule has 1 saturated heterocycles. The van der Waals surface area contributed by atoms with Crippen molar-refractivity contribution in [2.24, 2.45) is 11.8 Å². The van der Waals surface area contributed by atoms with Crippen LogP contribution in [0.5, 0.6) is 0 Å². The zero-order valence-corrected chi connectivity index (χ0v) is 10.4. The van der Waals surface area contributed by atoms with E-state index in [0.29, 0.717) is 24.3 Å². The summed E-state index contributed by atoms with van der Waals surface area (Å²) in [6.07, 6.45) is 0.292. The summed E-state index contributed by atoms with van der Waals surface area (Å²) >= 11 is 0. The first-order chi connectivity index (χ1) is 9.33. The van der Waals surface area contributed by atoms with E-state index in [1.807, 2.05) is 24.3 Å². The van der Waals surface area contributed by atoms with Gasteiger partial charge in [-0.25, -0.2) is 0 Å². The van der Waals surface area contributed by atoms with Gasteiger partial charge in [-0.3, -0.25) is 4.79 Å². The summed E-state index contributed by atoms with van der Waals surface area (Å²) in [5.74, 6) is 1.31. The first-order valence-electron chi connectivity index (χ1n) is 6.66. The number of hydrogen-bond acceptors (Lipinski definition) is 4. The van der Waals surface area contributed by atoms with Crippen molar-refractivity contribution in [1.82, 2.24) is 15.8 Å². The first-order valence-corrected chi connectivity index (χ1v) is 6.66. The van der Waals surface area contributed by atoms with Crippen molar-refractivity contribution in [2.75, 3.05) is 13.1 Å². The lowest BCUT2D eigenvalue weighted by atomic mass is 10.1. The van der Waals surface area contributed by atoms with E-state index >= 15 is 0 Å². The van der Waals surface area contributed by atoms with E-state index in [1.165, 1.54) is 0 Å². The highest BCUT2D eigenvalue weighted by molar-refractivity contribution is 5.86. The third-order valence-electron chi connectivity index (χ3n) is 4.20. The van der Waals surface area contributed by atoms with Crippen LogP contribution in [0.4, 0.5) is 0 Å². The fourth-order valence-corrected chi connectivity index (χ4v) is 3.09. The molecule has 1 aromatic heterocycles. The Morgan fingerprint density at radius 3 is 3.00 bits per heavy atom. The van der Waals surface area contributed by atoms with E-state index in [9.17, 15) is 4.79 Å². The maximum atomic E-state index is 12.0. The van der Waals surface area contributed by atoms with Gasteiger partial charge in [0.15, 0.2) is 5.58 Å². The van der Waals surface area contributed by atoms with Gasteiger partial charge in [-0.1, -0.05) is 17.3 Å². The second-order valence-corrected chi connectivity index (χ2v) is 5.38. The monoisotopic (exact) mass is 257 g/mol. The van der Waals surface area contributed by atoms with E-state index in [1.54, 1.807) is 0 Å². The van der Waals surface area contributed by atoms with Gasteiger partial charge in [-0.05, 0) is 24.0 Å². The number of fused-ring (bicyclic) bond motifs is 2. The summed E-state index contributed by atoms with van der Waals surface area (Å²) in [4.78, 5) is 12.0. The minimum atomic E-state index is 0.0402. The number of rotatable bonds is 3. The van der Waals surface area contributed by atoms with Gasteiger partial charge in [0.1, 0.15) is 5.69 Å². The molecule has 2 heterocycles. The van der Waals surface area contributed by atoms with Crippen LogP contribution >= 0.6 is 0 Å². The zero-order valence-electron chi connectivity index (χ0n) is 10.4. The quantitative estimate of drug-likeness (QED) is 0.849. The molecule has 2 N–H and O–H groups in total. The highest BCUT2D eigenvalue weighted by Crippen LogP contribution is 2.41. The maximum Gasteiger partial charge on any atom is 0.226 e. The van der Waals surface area contributed by atoms with Crippen molar-refractivity contribution in [1.29, 1.82) is 0 Å². The van der Waals surface area contributed by atoms with E-state index in [4.69, 9.17) is 4.52 Å². The number of aromatic nitrogens is 1. The number of benzene rings is 1. The van der Waals surface area contributed by atoms with E-state index in [-0.39, 0.29) is 5.91 Å². The zero-order chi connectivity index (χ0) is 12.8. The predicted molar refractivity (Wildman–Crippen MR) is 69.5 cm³/mol. The Morgan fingerprint density at radius 2 is 2.16 bits per heavy atom. The summed E-state index contributed by atoms with van der Waals surface area (Å²) < 4.78 is 5.21. The first kappa shape index (κ1) is 11.0. The molecule has 1 aliphatic carbocycles. The molecule has 5 heteroatoms. The highest BCUT2D eigenvalue weighted by Gasteiger charge is 2.53. The van der Waals surface area contributed by atoms with Crippen molar-refractivity contribution < 1.29 is 9.32 Å². The number of nitrogens with one attached hydrogen (secondary N) is 2.